The number of aliphatic hydroxyl groups excluding tert-OH is 1. The van der Waals surface area contributed by atoms with Crippen LogP contribution < -0.4 is 0 Å². The molecule has 1 aliphatic rings. The maximum Gasteiger partial charge on any atom is 0.337 e. The van der Waals surface area contributed by atoms with Gasteiger partial charge in [-0.15, -0.1) is 0 Å². The van der Waals surface area contributed by atoms with E-state index in [0.717, 1.165) is 20.8 Å². The first-order chi connectivity index (χ1) is 10.1. The second-order valence-corrected chi connectivity index (χ2v) is 4.51. The van der Waals surface area contributed by atoms with E-state index in [1.54, 1.807) is 0 Å². The Hall–Kier alpha value is -2.20. The molecule has 0 aromatic rings. The van der Waals surface area contributed by atoms with Gasteiger partial charge < -0.3 is 29.2 Å². The molecule has 0 amide bonds. The monoisotopic (exact) mass is 320 g/mol. The lowest BCUT2D eigenvalue weighted by Crippen LogP contribution is -2.63. The van der Waals surface area contributed by atoms with Gasteiger partial charge in [0.05, 0.1) is 0 Å². The minimum absolute atomic E-state index is 0.833. The van der Waals surface area contributed by atoms with Crippen molar-refractivity contribution in [3.63, 3.8) is 0 Å². The van der Waals surface area contributed by atoms with Crippen molar-refractivity contribution in [2.45, 2.75) is 51.5 Å². The number of carboxylic acids is 1. The third-order valence-corrected chi connectivity index (χ3v) is 2.66. The van der Waals surface area contributed by atoms with Crippen LogP contribution in [0.1, 0.15) is 20.8 Å². The highest BCUT2D eigenvalue weighted by Gasteiger charge is 2.53. The molecule has 10 heteroatoms. The molecule has 22 heavy (non-hydrogen) atoms. The van der Waals surface area contributed by atoms with Gasteiger partial charge in [-0.05, 0) is 0 Å². The van der Waals surface area contributed by atoms with Crippen molar-refractivity contribution in [1.29, 1.82) is 0 Å². The maximum atomic E-state index is 11.2. The Bertz CT molecular complexity index is 473. The molecule has 1 fully saturated rings. The van der Waals surface area contributed by atoms with Crippen LogP contribution in [-0.2, 0) is 38.1 Å². The molecular formula is C12H16O10. The van der Waals surface area contributed by atoms with Gasteiger partial charge in [0.25, 0.3) is 0 Å². The number of hydrogen-bond donors (Lipinski definition) is 2. The topological polar surface area (TPSA) is 146 Å². The van der Waals surface area contributed by atoms with Gasteiger partial charge in [-0.1, -0.05) is 0 Å². The van der Waals surface area contributed by atoms with Crippen LogP contribution in [0.25, 0.3) is 0 Å². The Morgan fingerprint density at radius 2 is 1.23 bits per heavy atom. The Labute approximate surface area is 124 Å². The highest BCUT2D eigenvalue weighted by Crippen LogP contribution is 2.27. The van der Waals surface area contributed by atoms with Crippen LogP contribution >= 0.6 is 0 Å². The average molecular weight is 320 g/mol. The van der Waals surface area contributed by atoms with Gasteiger partial charge in [0.15, 0.2) is 30.7 Å². The summed E-state index contributed by atoms with van der Waals surface area (Å²) in [7, 11) is 0. The molecule has 2 N–H and O–H groups in total. The van der Waals surface area contributed by atoms with Crippen molar-refractivity contribution in [3.8, 4) is 0 Å². The molecule has 2 unspecified atom stereocenters. The summed E-state index contributed by atoms with van der Waals surface area (Å²) >= 11 is 0. The number of aliphatic hydroxyl groups is 1. The SMILES string of the molecule is CC(=O)OC1[C@@H](OC(C)=O)[C@H](OC(C)=O)C(C(=O)O)O[C@@H]1O. The summed E-state index contributed by atoms with van der Waals surface area (Å²) in [4.78, 5) is 44.6. The second kappa shape index (κ2) is 7.18. The third kappa shape index (κ3) is 4.40. The van der Waals surface area contributed by atoms with Crippen molar-refractivity contribution >= 4 is 23.9 Å². The molecule has 0 bridgehead atoms. The first-order valence-electron chi connectivity index (χ1n) is 6.21. The normalized spacial score (nSPS) is 31.0. The van der Waals surface area contributed by atoms with Crippen LogP contribution in [0, 0.1) is 0 Å². The second-order valence-electron chi connectivity index (χ2n) is 4.51. The zero-order chi connectivity index (χ0) is 17.0. The third-order valence-electron chi connectivity index (χ3n) is 2.66. The standard InChI is InChI=1S/C12H16O10/c1-4(13)19-7-8(20-5(2)14)10(21-6(3)15)12(18)22-9(7)11(16)17/h7-10,12,18H,1-3H3,(H,16,17)/t7-,8-,9?,10?,12-/m0/s1. The minimum Gasteiger partial charge on any atom is -0.479 e. The Balaban J connectivity index is 3.18. The van der Waals surface area contributed by atoms with Gasteiger partial charge in [0, 0.05) is 20.8 Å². The molecular weight excluding hydrogens is 304 g/mol. The van der Waals surface area contributed by atoms with E-state index in [9.17, 15) is 24.3 Å². The Morgan fingerprint density at radius 1 is 0.818 bits per heavy atom. The highest BCUT2D eigenvalue weighted by atomic mass is 16.7. The Morgan fingerprint density at radius 3 is 1.64 bits per heavy atom. The van der Waals surface area contributed by atoms with Crippen LogP contribution in [0.3, 0.4) is 0 Å². The molecule has 0 aromatic carbocycles. The number of carboxylic acid groups (broad SMARTS) is 1. The summed E-state index contributed by atoms with van der Waals surface area (Å²) in [6, 6.07) is 0. The van der Waals surface area contributed by atoms with Gasteiger partial charge >= 0.3 is 23.9 Å². The van der Waals surface area contributed by atoms with Crippen LogP contribution in [0.2, 0.25) is 0 Å². The van der Waals surface area contributed by atoms with Crippen LogP contribution in [0.5, 0.6) is 0 Å². The Kier molecular flexibility index (Phi) is 5.83. The van der Waals surface area contributed by atoms with E-state index in [2.05, 4.69) is 0 Å². The van der Waals surface area contributed by atoms with Crippen LogP contribution in [0.15, 0.2) is 0 Å². The molecule has 0 aliphatic carbocycles. The molecule has 0 saturated carbocycles. The summed E-state index contributed by atoms with van der Waals surface area (Å²) in [6.45, 7) is 3.06. The predicted molar refractivity (Wildman–Crippen MR) is 65.2 cm³/mol. The van der Waals surface area contributed by atoms with E-state index in [4.69, 9.17) is 24.1 Å². The lowest BCUT2D eigenvalue weighted by molar-refractivity contribution is -0.289. The maximum absolute atomic E-state index is 11.2. The van der Waals surface area contributed by atoms with Gasteiger partial charge in [-0.2, -0.15) is 0 Å². The van der Waals surface area contributed by atoms with Crippen molar-refractivity contribution < 1.29 is 48.3 Å². The molecule has 0 radical (unpaired) electrons. The zero-order valence-corrected chi connectivity index (χ0v) is 12.0. The number of carbonyl (C=O) groups is 4. The van der Waals surface area contributed by atoms with Gasteiger partial charge in [-0.25, -0.2) is 4.79 Å². The predicted octanol–water partition coefficient (Wildman–Crippen LogP) is -1.42. The van der Waals surface area contributed by atoms with Gasteiger partial charge in [0.2, 0.25) is 0 Å². The number of aliphatic carboxylic acids is 1. The minimum atomic E-state index is -1.87. The lowest BCUT2D eigenvalue weighted by atomic mass is 9.98. The summed E-state index contributed by atoms with van der Waals surface area (Å²) in [6.07, 6.45) is -8.33. The smallest absolute Gasteiger partial charge is 0.337 e. The van der Waals surface area contributed by atoms with Crippen molar-refractivity contribution in [1.82, 2.24) is 0 Å². The largest absolute Gasteiger partial charge is 0.479 e. The summed E-state index contributed by atoms with van der Waals surface area (Å²) in [5.74, 6) is -4.10. The van der Waals surface area contributed by atoms with Gasteiger partial charge in [-0.3, -0.25) is 14.4 Å². The summed E-state index contributed by atoms with van der Waals surface area (Å²) < 4.78 is 19.3. The van der Waals surface area contributed by atoms with E-state index in [1.165, 1.54) is 0 Å². The molecule has 1 aliphatic heterocycles. The van der Waals surface area contributed by atoms with Crippen molar-refractivity contribution in [2.75, 3.05) is 0 Å². The molecule has 0 spiro atoms. The highest BCUT2D eigenvalue weighted by molar-refractivity contribution is 5.75. The van der Waals surface area contributed by atoms with Crippen molar-refractivity contribution in [3.05, 3.63) is 0 Å². The van der Waals surface area contributed by atoms with E-state index < -0.39 is 54.6 Å². The van der Waals surface area contributed by atoms with E-state index in [0.29, 0.717) is 0 Å². The van der Waals surface area contributed by atoms with E-state index >= 15 is 0 Å². The molecule has 1 heterocycles. The molecule has 1 rings (SSSR count). The van der Waals surface area contributed by atoms with Crippen LogP contribution in [-0.4, -0.2) is 64.8 Å². The number of ether oxygens (including phenoxy) is 4. The van der Waals surface area contributed by atoms with E-state index in [-0.39, 0.29) is 0 Å². The number of carbonyl (C=O) groups excluding carboxylic acids is 3. The molecule has 10 nitrogen and oxygen atoms in total. The first kappa shape index (κ1) is 17.9. The molecule has 1 saturated heterocycles. The molecule has 5 atom stereocenters. The van der Waals surface area contributed by atoms with E-state index in [1.807, 2.05) is 0 Å². The first-order valence-corrected chi connectivity index (χ1v) is 6.21. The number of hydrogen-bond acceptors (Lipinski definition) is 9. The molecule has 124 valence electrons. The molecule has 0 aromatic heterocycles. The fraction of sp³-hybridized carbons (Fsp3) is 0.667. The number of esters is 3. The number of rotatable bonds is 4. The lowest BCUT2D eigenvalue weighted by Gasteiger charge is -2.41. The average Bonchev–Trinajstić information content (AvgIpc) is 2.34. The van der Waals surface area contributed by atoms with Gasteiger partial charge in [0.1, 0.15) is 0 Å². The van der Waals surface area contributed by atoms with Crippen LogP contribution in [0.4, 0.5) is 0 Å². The fourth-order valence-electron chi connectivity index (χ4n) is 1.99. The zero-order valence-electron chi connectivity index (χ0n) is 12.0. The fourth-order valence-corrected chi connectivity index (χ4v) is 1.99. The van der Waals surface area contributed by atoms with Crippen molar-refractivity contribution in [2.24, 2.45) is 0 Å². The summed E-state index contributed by atoms with van der Waals surface area (Å²) in [5.41, 5.74) is 0. The quantitative estimate of drug-likeness (QED) is 0.467. The summed E-state index contributed by atoms with van der Waals surface area (Å²) in [5, 5.41) is 18.9.